The van der Waals surface area contributed by atoms with Gasteiger partial charge in [-0.3, -0.25) is 14.9 Å². The van der Waals surface area contributed by atoms with Crippen molar-refractivity contribution >= 4 is 23.4 Å². The summed E-state index contributed by atoms with van der Waals surface area (Å²) >= 11 is 5.83. The predicted molar refractivity (Wildman–Crippen MR) is 94.5 cm³/mol. The Hall–Kier alpha value is -3.32. The fourth-order valence-corrected chi connectivity index (χ4v) is 2.26. The highest BCUT2D eigenvalue weighted by Gasteiger charge is 2.16. The molecule has 8 heteroatoms. The lowest BCUT2D eigenvalue weighted by Gasteiger charge is -2.07. The molecule has 0 bridgehead atoms. The van der Waals surface area contributed by atoms with E-state index < -0.39 is 16.7 Å². The molecule has 3 aromatic rings. The molecule has 132 valence electrons. The number of carbonyl (C=O) groups excluding carboxylic acids is 1. The minimum atomic E-state index is -0.698. The van der Waals surface area contributed by atoms with Crippen LogP contribution in [-0.4, -0.2) is 10.8 Å². The fourth-order valence-electron chi connectivity index (χ4n) is 2.13. The van der Waals surface area contributed by atoms with Crippen LogP contribution in [0.4, 0.5) is 5.88 Å². The smallest absolute Gasteiger partial charge is 0.433 e. The standard InChI is InChI=1S/C18H13ClN2O5/c19-13-3-7-15(8-4-13)25-14-5-1-12(2-6-14)11-20-18(22)16-9-10-17(26-16)21(23)24/h1-10H,11H2,(H,20,22). The summed E-state index contributed by atoms with van der Waals surface area (Å²) in [5.74, 6) is 0.191. The fraction of sp³-hybridized carbons (Fsp3) is 0.0556. The number of carbonyl (C=O) groups is 1. The van der Waals surface area contributed by atoms with Gasteiger partial charge in [-0.1, -0.05) is 23.7 Å². The molecule has 1 heterocycles. The maximum atomic E-state index is 11.9. The van der Waals surface area contributed by atoms with Crippen molar-refractivity contribution in [3.05, 3.63) is 87.1 Å². The van der Waals surface area contributed by atoms with E-state index in [2.05, 4.69) is 5.32 Å². The van der Waals surface area contributed by atoms with Crippen LogP contribution < -0.4 is 10.1 Å². The van der Waals surface area contributed by atoms with Crippen LogP contribution in [0.25, 0.3) is 0 Å². The molecule has 0 radical (unpaired) electrons. The molecule has 0 saturated carbocycles. The SMILES string of the molecule is O=C(NCc1ccc(Oc2ccc(Cl)cc2)cc1)c1ccc([N+](=O)[O-])o1. The quantitative estimate of drug-likeness (QED) is 0.505. The molecule has 0 spiro atoms. The molecule has 2 aromatic carbocycles. The zero-order valence-corrected chi connectivity index (χ0v) is 14.1. The first-order valence-corrected chi connectivity index (χ1v) is 7.94. The molecule has 1 aromatic heterocycles. The summed E-state index contributed by atoms with van der Waals surface area (Å²) in [5, 5.41) is 13.8. The monoisotopic (exact) mass is 372 g/mol. The van der Waals surface area contributed by atoms with Gasteiger partial charge >= 0.3 is 5.88 Å². The molecule has 26 heavy (non-hydrogen) atoms. The summed E-state index contributed by atoms with van der Waals surface area (Å²) < 4.78 is 10.5. The molecule has 0 aliphatic carbocycles. The van der Waals surface area contributed by atoms with Gasteiger partial charge in [0.15, 0.2) is 5.76 Å². The van der Waals surface area contributed by atoms with Crippen molar-refractivity contribution in [3.8, 4) is 11.5 Å². The third kappa shape index (κ3) is 4.40. The van der Waals surface area contributed by atoms with E-state index in [1.165, 1.54) is 6.07 Å². The van der Waals surface area contributed by atoms with Gasteiger partial charge in [0.2, 0.25) is 0 Å². The van der Waals surface area contributed by atoms with Crippen LogP contribution in [0.15, 0.2) is 65.1 Å². The van der Waals surface area contributed by atoms with E-state index in [0.29, 0.717) is 16.5 Å². The third-order valence-corrected chi connectivity index (χ3v) is 3.67. The van der Waals surface area contributed by atoms with E-state index in [1.54, 1.807) is 48.5 Å². The molecule has 0 saturated heterocycles. The molecule has 7 nitrogen and oxygen atoms in total. The Morgan fingerprint density at radius 1 is 1.04 bits per heavy atom. The number of nitrogens with zero attached hydrogens (tertiary/aromatic N) is 1. The molecule has 0 atom stereocenters. The maximum absolute atomic E-state index is 11.9. The van der Waals surface area contributed by atoms with Crippen LogP contribution in [-0.2, 0) is 6.54 Å². The average molecular weight is 373 g/mol. The first kappa shape index (κ1) is 17.5. The van der Waals surface area contributed by atoms with Crippen LogP contribution in [0.2, 0.25) is 5.02 Å². The Kier molecular flexibility index (Phi) is 5.19. The van der Waals surface area contributed by atoms with Crippen molar-refractivity contribution in [2.24, 2.45) is 0 Å². The number of nitrogens with one attached hydrogen (secondary N) is 1. The van der Waals surface area contributed by atoms with Crippen LogP contribution in [0.1, 0.15) is 16.1 Å². The average Bonchev–Trinajstić information content (AvgIpc) is 3.13. The summed E-state index contributed by atoms with van der Waals surface area (Å²) in [6.45, 7) is 0.245. The van der Waals surface area contributed by atoms with E-state index in [1.807, 2.05) is 0 Å². The van der Waals surface area contributed by atoms with E-state index >= 15 is 0 Å². The minimum absolute atomic E-state index is 0.112. The summed E-state index contributed by atoms with van der Waals surface area (Å²) in [4.78, 5) is 21.8. The van der Waals surface area contributed by atoms with E-state index in [4.69, 9.17) is 20.8 Å². The van der Waals surface area contributed by atoms with Gasteiger partial charge in [0, 0.05) is 11.6 Å². The lowest BCUT2D eigenvalue weighted by atomic mass is 10.2. The Morgan fingerprint density at radius 3 is 2.23 bits per heavy atom. The van der Waals surface area contributed by atoms with E-state index in [9.17, 15) is 14.9 Å². The second-order valence-corrected chi connectivity index (χ2v) is 5.71. The van der Waals surface area contributed by atoms with Gasteiger partial charge in [0.05, 0.1) is 6.07 Å². The maximum Gasteiger partial charge on any atom is 0.433 e. The zero-order chi connectivity index (χ0) is 18.5. The van der Waals surface area contributed by atoms with Crippen molar-refractivity contribution in [3.63, 3.8) is 0 Å². The van der Waals surface area contributed by atoms with E-state index in [0.717, 1.165) is 11.6 Å². The highest BCUT2D eigenvalue weighted by molar-refractivity contribution is 6.30. The molecule has 0 fully saturated rings. The van der Waals surface area contributed by atoms with Crippen molar-refractivity contribution < 1.29 is 18.9 Å². The summed E-state index contributed by atoms with van der Waals surface area (Å²) in [5.41, 5.74) is 0.836. The molecule has 3 rings (SSSR count). The largest absolute Gasteiger partial charge is 0.457 e. The molecule has 0 unspecified atom stereocenters. The number of ether oxygens (including phenoxy) is 1. The first-order chi connectivity index (χ1) is 12.5. The topological polar surface area (TPSA) is 94.6 Å². The van der Waals surface area contributed by atoms with Gasteiger partial charge in [-0.15, -0.1) is 0 Å². The van der Waals surface area contributed by atoms with Crippen LogP contribution in [0.3, 0.4) is 0 Å². The van der Waals surface area contributed by atoms with Crippen molar-refractivity contribution in [1.29, 1.82) is 0 Å². The van der Waals surface area contributed by atoms with Gasteiger partial charge in [-0.05, 0) is 48.0 Å². The Bertz CT molecular complexity index is 920. The summed E-state index contributed by atoms with van der Waals surface area (Å²) in [7, 11) is 0. The number of furan rings is 1. The highest BCUT2D eigenvalue weighted by Crippen LogP contribution is 2.23. The number of halogens is 1. The molecule has 0 aliphatic heterocycles. The van der Waals surface area contributed by atoms with Gasteiger partial charge in [-0.2, -0.15) is 0 Å². The van der Waals surface area contributed by atoms with Crippen LogP contribution >= 0.6 is 11.6 Å². The third-order valence-electron chi connectivity index (χ3n) is 3.42. The van der Waals surface area contributed by atoms with Gasteiger partial charge in [-0.25, -0.2) is 0 Å². The van der Waals surface area contributed by atoms with Gasteiger partial charge < -0.3 is 14.5 Å². The number of rotatable bonds is 6. The Morgan fingerprint density at radius 2 is 1.65 bits per heavy atom. The molecule has 1 N–H and O–H groups in total. The molecular weight excluding hydrogens is 360 g/mol. The number of hydrogen-bond donors (Lipinski definition) is 1. The normalized spacial score (nSPS) is 10.3. The summed E-state index contributed by atoms with van der Waals surface area (Å²) in [6.07, 6.45) is 0. The number of benzene rings is 2. The van der Waals surface area contributed by atoms with Crippen molar-refractivity contribution in [1.82, 2.24) is 5.32 Å². The number of nitro groups is 1. The van der Waals surface area contributed by atoms with Crippen molar-refractivity contribution in [2.75, 3.05) is 0 Å². The van der Waals surface area contributed by atoms with Gasteiger partial charge in [0.1, 0.15) is 16.4 Å². The predicted octanol–water partition coefficient (Wildman–Crippen LogP) is 4.56. The highest BCUT2D eigenvalue weighted by atomic mass is 35.5. The van der Waals surface area contributed by atoms with Crippen LogP contribution in [0.5, 0.6) is 11.5 Å². The number of hydrogen-bond acceptors (Lipinski definition) is 5. The van der Waals surface area contributed by atoms with E-state index in [-0.39, 0.29) is 12.3 Å². The second-order valence-electron chi connectivity index (χ2n) is 5.28. The van der Waals surface area contributed by atoms with Crippen LogP contribution in [0, 0.1) is 10.1 Å². The Labute approximate surface area is 153 Å². The molecular formula is C18H13ClN2O5. The zero-order valence-electron chi connectivity index (χ0n) is 13.3. The first-order valence-electron chi connectivity index (χ1n) is 7.56. The lowest BCUT2D eigenvalue weighted by molar-refractivity contribution is -0.402. The second kappa shape index (κ2) is 7.71. The Balaban J connectivity index is 1.56. The summed E-state index contributed by atoms with van der Waals surface area (Å²) in [6, 6.07) is 16.5. The lowest BCUT2D eigenvalue weighted by Crippen LogP contribution is -2.22. The molecule has 1 amide bonds. The van der Waals surface area contributed by atoms with Gasteiger partial charge in [0.25, 0.3) is 5.91 Å². The molecule has 0 aliphatic rings. The minimum Gasteiger partial charge on any atom is -0.457 e. The number of amides is 1. The van der Waals surface area contributed by atoms with Crippen molar-refractivity contribution in [2.45, 2.75) is 6.54 Å².